The normalized spacial score (nSPS) is 13.7. The Bertz CT molecular complexity index is 1200. The molecule has 38 heavy (non-hydrogen) atoms. The molecule has 0 heterocycles. The highest BCUT2D eigenvalue weighted by molar-refractivity contribution is 5.95. The molecule has 8 nitrogen and oxygen atoms in total. The number of nitrogens with one attached hydrogen (secondary N) is 2. The van der Waals surface area contributed by atoms with E-state index in [0.29, 0.717) is 12.8 Å². The number of nitrogens with two attached hydrogens (primary N) is 1. The maximum Gasteiger partial charge on any atom is 0.407 e. The number of hydrogen-bond acceptors (Lipinski definition) is 6. The fraction of sp³-hybridized carbons (Fsp3) is 0.333. The van der Waals surface area contributed by atoms with Crippen LogP contribution in [0.15, 0.2) is 78.9 Å². The van der Waals surface area contributed by atoms with Gasteiger partial charge in [0.15, 0.2) is 0 Å². The summed E-state index contributed by atoms with van der Waals surface area (Å²) in [5.41, 5.74) is 7.30. The average molecular weight is 520 g/mol. The van der Waals surface area contributed by atoms with Crippen molar-refractivity contribution in [3.63, 3.8) is 0 Å². The van der Waals surface area contributed by atoms with Crippen molar-refractivity contribution >= 4 is 17.7 Å². The number of aliphatic hydroxyl groups excluding tert-OH is 1. The number of carbonyl (C=O) groups is 2. The zero-order valence-electron chi connectivity index (χ0n) is 22.1. The lowest BCUT2D eigenvalue weighted by atomic mass is 9.93. The summed E-state index contributed by atoms with van der Waals surface area (Å²) in [5.74, 6) is -0.651. The van der Waals surface area contributed by atoms with Gasteiger partial charge in [-0.25, -0.2) is 4.79 Å². The van der Waals surface area contributed by atoms with Crippen molar-refractivity contribution in [2.75, 3.05) is 5.73 Å². The predicted octanol–water partition coefficient (Wildman–Crippen LogP) is 4.20. The minimum atomic E-state index is -1.01. The van der Waals surface area contributed by atoms with Gasteiger partial charge in [-0.1, -0.05) is 60.7 Å². The minimum absolute atomic E-state index is 0.166. The number of nitrogen functional groups attached to an aromatic ring is 1. The van der Waals surface area contributed by atoms with Crippen LogP contribution in [-0.2, 0) is 17.6 Å². The Morgan fingerprint density at radius 1 is 0.895 bits per heavy atom. The standard InChI is InChI=1S/C30H37N3O5/c1-30(2,3)38-29(37)32-23(16-20-10-6-4-7-11-20)19-27(35)25(17-21-12-8-5-9-13-21)33-28(36)22-14-15-24(31)26(34)18-22/h4-15,18,23,25,27,34-35H,16-17,19,31H2,1-3H3,(H,32,37)(H,33,36). The molecule has 0 aliphatic heterocycles. The van der Waals surface area contributed by atoms with Gasteiger partial charge in [-0.2, -0.15) is 0 Å². The van der Waals surface area contributed by atoms with Crippen molar-refractivity contribution in [1.82, 2.24) is 10.6 Å². The third kappa shape index (κ3) is 9.12. The van der Waals surface area contributed by atoms with E-state index in [9.17, 15) is 19.8 Å². The number of aromatic hydroxyl groups is 1. The van der Waals surface area contributed by atoms with Crippen LogP contribution in [0.5, 0.6) is 5.75 Å². The van der Waals surface area contributed by atoms with Gasteiger partial charge in [-0.05, 0) is 69.4 Å². The van der Waals surface area contributed by atoms with Crippen LogP contribution >= 0.6 is 0 Å². The number of amides is 2. The van der Waals surface area contributed by atoms with E-state index in [2.05, 4.69) is 10.6 Å². The van der Waals surface area contributed by atoms with E-state index < -0.39 is 35.8 Å². The summed E-state index contributed by atoms with van der Waals surface area (Å²) in [6.45, 7) is 5.36. The number of phenols is 1. The molecule has 0 aliphatic rings. The summed E-state index contributed by atoms with van der Waals surface area (Å²) < 4.78 is 5.45. The lowest BCUT2D eigenvalue weighted by Crippen LogP contribution is -2.49. The highest BCUT2D eigenvalue weighted by atomic mass is 16.6. The Kier molecular flexibility index (Phi) is 9.73. The van der Waals surface area contributed by atoms with Crippen molar-refractivity contribution in [2.24, 2.45) is 0 Å². The molecule has 0 saturated heterocycles. The SMILES string of the molecule is CC(C)(C)OC(=O)NC(Cc1ccccc1)CC(O)C(Cc1ccccc1)NC(=O)c1ccc(N)c(O)c1. The predicted molar refractivity (Wildman–Crippen MR) is 148 cm³/mol. The zero-order chi connectivity index (χ0) is 27.7. The van der Waals surface area contributed by atoms with Gasteiger partial charge in [0.25, 0.3) is 5.91 Å². The van der Waals surface area contributed by atoms with Gasteiger partial charge in [0, 0.05) is 11.6 Å². The molecule has 0 bridgehead atoms. The first-order valence-corrected chi connectivity index (χ1v) is 12.6. The van der Waals surface area contributed by atoms with Crippen LogP contribution < -0.4 is 16.4 Å². The number of ether oxygens (including phenoxy) is 1. The van der Waals surface area contributed by atoms with Crippen LogP contribution in [0, 0.1) is 0 Å². The van der Waals surface area contributed by atoms with Crippen LogP contribution in [0.1, 0.15) is 48.7 Å². The summed E-state index contributed by atoms with van der Waals surface area (Å²) in [6, 6.07) is 22.3. The number of benzene rings is 3. The van der Waals surface area contributed by atoms with E-state index in [1.165, 1.54) is 18.2 Å². The largest absolute Gasteiger partial charge is 0.506 e. The first-order chi connectivity index (χ1) is 18.0. The van der Waals surface area contributed by atoms with Crippen molar-refractivity contribution < 1.29 is 24.5 Å². The number of phenolic OH excluding ortho intramolecular Hbond substituents is 1. The Balaban J connectivity index is 1.81. The first-order valence-electron chi connectivity index (χ1n) is 12.6. The molecule has 8 heteroatoms. The van der Waals surface area contributed by atoms with E-state index in [0.717, 1.165) is 11.1 Å². The second kappa shape index (κ2) is 13.0. The number of alkyl carbamates (subject to hydrolysis) is 1. The molecule has 202 valence electrons. The number of hydrogen-bond donors (Lipinski definition) is 5. The van der Waals surface area contributed by atoms with E-state index >= 15 is 0 Å². The summed E-state index contributed by atoms with van der Waals surface area (Å²) in [7, 11) is 0. The van der Waals surface area contributed by atoms with Gasteiger partial charge < -0.3 is 31.3 Å². The van der Waals surface area contributed by atoms with Gasteiger partial charge in [0.05, 0.1) is 17.8 Å². The lowest BCUT2D eigenvalue weighted by molar-refractivity contribution is 0.0463. The maximum atomic E-state index is 13.1. The van der Waals surface area contributed by atoms with Gasteiger partial charge in [0.2, 0.25) is 0 Å². The second-order valence-corrected chi connectivity index (χ2v) is 10.4. The van der Waals surface area contributed by atoms with E-state index in [4.69, 9.17) is 10.5 Å². The molecule has 0 fully saturated rings. The third-order valence-corrected chi connectivity index (χ3v) is 5.94. The van der Waals surface area contributed by atoms with Crippen LogP contribution in [-0.4, -0.2) is 46.0 Å². The fourth-order valence-corrected chi connectivity index (χ4v) is 4.11. The Morgan fingerprint density at radius 2 is 1.47 bits per heavy atom. The van der Waals surface area contributed by atoms with E-state index in [1.807, 2.05) is 60.7 Å². The van der Waals surface area contributed by atoms with Crippen LogP contribution in [0.4, 0.5) is 10.5 Å². The summed E-state index contributed by atoms with van der Waals surface area (Å²) >= 11 is 0. The summed E-state index contributed by atoms with van der Waals surface area (Å²) in [6.07, 6.45) is -0.593. The number of carbonyl (C=O) groups excluding carboxylic acids is 2. The quantitative estimate of drug-likeness (QED) is 0.201. The second-order valence-electron chi connectivity index (χ2n) is 10.4. The van der Waals surface area contributed by atoms with Crippen molar-refractivity contribution in [2.45, 2.75) is 63.8 Å². The topological polar surface area (TPSA) is 134 Å². The van der Waals surface area contributed by atoms with Crippen LogP contribution in [0.2, 0.25) is 0 Å². The first kappa shape index (κ1) is 28.5. The molecule has 6 N–H and O–H groups in total. The molecular formula is C30H37N3O5. The Labute approximate surface area is 223 Å². The third-order valence-electron chi connectivity index (χ3n) is 5.94. The molecule has 0 spiro atoms. The molecule has 3 aromatic carbocycles. The Hall–Kier alpha value is -4.04. The highest BCUT2D eigenvalue weighted by Gasteiger charge is 2.28. The van der Waals surface area contributed by atoms with Gasteiger partial charge >= 0.3 is 6.09 Å². The molecule has 0 radical (unpaired) electrons. The van der Waals surface area contributed by atoms with Crippen molar-refractivity contribution in [3.8, 4) is 5.75 Å². The highest BCUT2D eigenvalue weighted by Crippen LogP contribution is 2.21. The summed E-state index contributed by atoms with van der Waals surface area (Å²) in [5, 5.41) is 27.1. The lowest BCUT2D eigenvalue weighted by Gasteiger charge is -2.29. The van der Waals surface area contributed by atoms with Crippen LogP contribution in [0.25, 0.3) is 0 Å². The Morgan fingerprint density at radius 3 is 2.03 bits per heavy atom. The molecule has 3 rings (SSSR count). The number of aliphatic hydroxyl groups is 1. The molecular weight excluding hydrogens is 482 g/mol. The minimum Gasteiger partial charge on any atom is -0.506 e. The maximum absolute atomic E-state index is 13.1. The average Bonchev–Trinajstić information content (AvgIpc) is 2.85. The zero-order valence-corrected chi connectivity index (χ0v) is 22.1. The molecule has 0 saturated carbocycles. The van der Waals surface area contributed by atoms with E-state index in [-0.39, 0.29) is 23.4 Å². The number of rotatable bonds is 10. The van der Waals surface area contributed by atoms with Crippen LogP contribution in [0.3, 0.4) is 0 Å². The van der Waals surface area contributed by atoms with Gasteiger partial charge in [-0.3, -0.25) is 4.79 Å². The molecule has 2 amide bonds. The fourth-order valence-electron chi connectivity index (χ4n) is 4.11. The van der Waals surface area contributed by atoms with Gasteiger partial charge in [-0.15, -0.1) is 0 Å². The van der Waals surface area contributed by atoms with Crippen molar-refractivity contribution in [1.29, 1.82) is 0 Å². The molecule has 3 atom stereocenters. The molecule has 0 aliphatic carbocycles. The van der Waals surface area contributed by atoms with Gasteiger partial charge in [0.1, 0.15) is 11.4 Å². The monoisotopic (exact) mass is 519 g/mol. The van der Waals surface area contributed by atoms with E-state index in [1.54, 1.807) is 20.8 Å². The summed E-state index contributed by atoms with van der Waals surface area (Å²) in [4.78, 5) is 25.7. The van der Waals surface area contributed by atoms with Crippen molar-refractivity contribution in [3.05, 3.63) is 95.6 Å². The molecule has 3 aromatic rings. The smallest absolute Gasteiger partial charge is 0.407 e. The molecule has 0 aromatic heterocycles. The molecule has 3 unspecified atom stereocenters. The number of anilines is 1.